The molecular weight excluding hydrogens is 542 g/mol. The Morgan fingerprint density at radius 2 is 1.78 bits per heavy atom. The summed E-state index contributed by atoms with van der Waals surface area (Å²) in [4.78, 5) is 17.4. The second kappa shape index (κ2) is 9.96. The number of nitrogens with zero attached hydrogens (tertiary/aromatic N) is 1. The molecule has 0 aliphatic heterocycles. The van der Waals surface area contributed by atoms with Gasteiger partial charge in [-0.15, -0.1) is 0 Å². The van der Waals surface area contributed by atoms with E-state index >= 15 is 0 Å². The number of halogens is 1. The van der Waals surface area contributed by atoms with E-state index in [0.717, 1.165) is 20.8 Å². The van der Waals surface area contributed by atoms with Crippen LogP contribution in [0.25, 0.3) is 33.3 Å². The van der Waals surface area contributed by atoms with Crippen LogP contribution in [-0.2, 0) is 0 Å². The Labute approximate surface area is 220 Å². The number of hydrogen-bond acceptors (Lipinski definition) is 6. The number of rotatable bonds is 5. The lowest BCUT2D eigenvalue weighted by Crippen LogP contribution is -2.34. The highest BCUT2D eigenvalue weighted by Gasteiger charge is 2.16. The molecular formula is C27H20BrN3O4S. The fraction of sp³-hybridized carbons (Fsp3) is 0.0741. The van der Waals surface area contributed by atoms with Crippen LogP contribution in [0, 0.1) is 0 Å². The van der Waals surface area contributed by atoms with Crippen molar-refractivity contribution in [3.8, 4) is 23.0 Å². The Bertz CT molecular complexity index is 1630. The molecule has 0 fully saturated rings. The van der Waals surface area contributed by atoms with Crippen molar-refractivity contribution >= 4 is 66.7 Å². The number of anilines is 1. The highest BCUT2D eigenvalue weighted by atomic mass is 79.9. The minimum Gasteiger partial charge on any atom is -0.497 e. The predicted molar refractivity (Wildman–Crippen MR) is 148 cm³/mol. The van der Waals surface area contributed by atoms with Crippen LogP contribution < -0.4 is 20.1 Å². The Balaban J connectivity index is 1.36. The van der Waals surface area contributed by atoms with Gasteiger partial charge in [-0.3, -0.25) is 10.1 Å². The summed E-state index contributed by atoms with van der Waals surface area (Å²) in [5, 5.41) is 7.95. The lowest BCUT2D eigenvalue weighted by molar-refractivity contribution is 0.0974. The van der Waals surface area contributed by atoms with Crippen molar-refractivity contribution in [2.24, 2.45) is 0 Å². The van der Waals surface area contributed by atoms with Gasteiger partial charge in [-0.2, -0.15) is 0 Å². The topological polar surface area (TPSA) is 85.6 Å². The van der Waals surface area contributed by atoms with E-state index < -0.39 is 5.91 Å². The van der Waals surface area contributed by atoms with Crippen LogP contribution in [0.1, 0.15) is 10.4 Å². The van der Waals surface area contributed by atoms with Gasteiger partial charge in [0.2, 0.25) is 5.89 Å². The van der Waals surface area contributed by atoms with Crippen LogP contribution >= 0.6 is 28.1 Å². The van der Waals surface area contributed by atoms with E-state index in [-0.39, 0.29) is 5.11 Å². The summed E-state index contributed by atoms with van der Waals surface area (Å²) >= 11 is 8.96. The Morgan fingerprint density at radius 3 is 2.58 bits per heavy atom. The molecule has 7 nitrogen and oxygen atoms in total. The van der Waals surface area contributed by atoms with Gasteiger partial charge in [-0.25, -0.2) is 4.98 Å². The number of thiocarbonyl (C=S) groups is 1. The van der Waals surface area contributed by atoms with Crippen molar-refractivity contribution in [2.75, 3.05) is 19.5 Å². The molecule has 0 atom stereocenters. The normalized spacial score (nSPS) is 10.9. The monoisotopic (exact) mass is 561 g/mol. The molecule has 1 aromatic heterocycles. The maximum Gasteiger partial charge on any atom is 0.261 e. The van der Waals surface area contributed by atoms with Crippen LogP contribution in [0.5, 0.6) is 11.5 Å². The summed E-state index contributed by atoms with van der Waals surface area (Å²) in [7, 11) is 3.03. The van der Waals surface area contributed by atoms with Gasteiger partial charge in [0, 0.05) is 21.8 Å². The van der Waals surface area contributed by atoms with Crippen molar-refractivity contribution in [3.63, 3.8) is 0 Å². The highest BCUT2D eigenvalue weighted by Crippen LogP contribution is 2.34. The summed E-state index contributed by atoms with van der Waals surface area (Å²) < 4.78 is 17.5. The first-order valence-electron chi connectivity index (χ1n) is 10.9. The second-order valence-corrected chi connectivity index (χ2v) is 9.08. The standard InChI is InChI=1S/C27H20BrN3O4S/c1-33-16-10-11-20(24(14-16)34-2)25(32)31-27(36)29-15-9-12-23-22(13-15)30-26(35-23)19-7-3-6-18-17(19)5-4-8-21(18)28/h3-14H,1-2H3,(H2,29,31,32,36). The number of aromatic nitrogens is 1. The number of nitrogens with one attached hydrogen (secondary N) is 2. The summed E-state index contributed by atoms with van der Waals surface area (Å²) in [6, 6.07) is 22.4. The van der Waals surface area contributed by atoms with Crippen molar-refractivity contribution in [1.82, 2.24) is 10.3 Å². The average molecular weight is 562 g/mol. The molecule has 0 aliphatic rings. The first kappa shape index (κ1) is 23.8. The highest BCUT2D eigenvalue weighted by molar-refractivity contribution is 9.10. The summed E-state index contributed by atoms with van der Waals surface area (Å²) in [5.74, 6) is 1.08. The van der Waals surface area contributed by atoms with Gasteiger partial charge in [0.15, 0.2) is 10.7 Å². The van der Waals surface area contributed by atoms with Gasteiger partial charge in [-0.05, 0) is 65.5 Å². The zero-order valence-corrected chi connectivity index (χ0v) is 21.7. The summed E-state index contributed by atoms with van der Waals surface area (Å²) in [6.45, 7) is 0. The SMILES string of the molecule is COc1ccc(C(=O)NC(=S)Nc2ccc3oc(-c4cccc5c(Br)cccc45)nc3c2)c(OC)c1. The van der Waals surface area contributed by atoms with E-state index in [1.807, 2.05) is 54.6 Å². The van der Waals surface area contributed by atoms with Crippen molar-refractivity contribution < 1.29 is 18.7 Å². The van der Waals surface area contributed by atoms with Crippen LogP contribution in [0.3, 0.4) is 0 Å². The van der Waals surface area contributed by atoms with Crippen molar-refractivity contribution in [1.29, 1.82) is 0 Å². The minimum absolute atomic E-state index is 0.139. The Kier molecular flexibility index (Phi) is 6.58. The number of fused-ring (bicyclic) bond motifs is 2. The molecule has 0 unspecified atom stereocenters. The van der Waals surface area contributed by atoms with E-state index in [0.29, 0.717) is 39.7 Å². The first-order valence-corrected chi connectivity index (χ1v) is 12.1. The maximum atomic E-state index is 12.7. The summed E-state index contributed by atoms with van der Waals surface area (Å²) in [5.41, 5.74) is 3.19. The van der Waals surface area contributed by atoms with Gasteiger partial charge in [0.05, 0.1) is 19.8 Å². The number of amides is 1. The average Bonchev–Trinajstić information content (AvgIpc) is 3.31. The number of ether oxygens (including phenoxy) is 2. The largest absolute Gasteiger partial charge is 0.497 e. The predicted octanol–water partition coefficient (Wildman–Crippen LogP) is 6.55. The molecule has 180 valence electrons. The molecule has 0 bridgehead atoms. The van der Waals surface area contributed by atoms with E-state index in [9.17, 15) is 4.79 Å². The molecule has 36 heavy (non-hydrogen) atoms. The summed E-state index contributed by atoms with van der Waals surface area (Å²) in [6.07, 6.45) is 0. The van der Waals surface area contributed by atoms with Crippen LogP contribution in [0.15, 0.2) is 81.7 Å². The lowest BCUT2D eigenvalue weighted by Gasteiger charge is -2.12. The quantitative estimate of drug-likeness (QED) is 0.235. The number of benzene rings is 4. The lowest BCUT2D eigenvalue weighted by atomic mass is 10.0. The Morgan fingerprint density at radius 1 is 0.972 bits per heavy atom. The van der Waals surface area contributed by atoms with Crippen LogP contribution in [-0.4, -0.2) is 30.2 Å². The van der Waals surface area contributed by atoms with Crippen molar-refractivity contribution in [2.45, 2.75) is 0 Å². The molecule has 1 amide bonds. The van der Waals surface area contributed by atoms with Gasteiger partial charge in [0.1, 0.15) is 17.0 Å². The third kappa shape index (κ3) is 4.62. The third-order valence-electron chi connectivity index (χ3n) is 5.63. The minimum atomic E-state index is -0.404. The van der Waals surface area contributed by atoms with E-state index in [1.54, 1.807) is 25.3 Å². The number of oxazole rings is 1. The number of hydrogen-bond donors (Lipinski definition) is 2. The smallest absolute Gasteiger partial charge is 0.261 e. The van der Waals surface area contributed by atoms with Crippen molar-refractivity contribution in [3.05, 3.63) is 82.8 Å². The molecule has 0 radical (unpaired) electrons. The molecule has 0 spiro atoms. The van der Waals surface area contributed by atoms with Crippen LogP contribution in [0.4, 0.5) is 5.69 Å². The van der Waals surface area contributed by atoms with Gasteiger partial charge in [-0.1, -0.05) is 40.2 Å². The zero-order valence-electron chi connectivity index (χ0n) is 19.3. The fourth-order valence-corrected chi connectivity index (χ4v) is 4.61. The fourth-order valence-electron chi connectivity index (χ4n) is 3.90. The van der Waals surface area contributed by atoms with Crippen LogP contribution in [0.2, 0.25) is 0 Å². The molecule has 5 aromatic rings. The molecule has 0 saturated heterocycles. The zero-order chi connectivity index (χ0) is 25.2. The molecule has 1 heterocycles. The third-order valence-corrected chi connectivity index (χ3v) is 6.52. The van der Waals surface area contributed by atoms with E-state index in [2.05, 4.69) is 26.6 Å². The van der Waals surface area contributed by atoms with Gasteiger partial charge < -0.3 is 19.2 Å². The van der Waals surface area contributed by atoms with Gasteiger partial charge in [0.25, 0.3) is 5.91 Å². The van der Waals surface area contributed by atoms with Gasteiger partial charge >= 0.3 is 0 Å². The second-order valence-electron chi connectivity index (χ2n) is 7.82. The molecule has 4 aromatic carbocycles. The molecule has 5 rings (SSSR count). The molecule has 9 heteroatoms. The molecule has 2 N–H and O–H groups in total. The molecule has 0 aliphatic carbocycles. The van der Waals surface area contributed by atoms with E-state index in [4.69, 9.17) is 31.1 Å². The molecule has 0 saturated carbocycles. The first-order chi connectivity index (χ1) is 17.5. The number of methoxy groups -OCH3 is 2. The number of carbonyl (C=O) groups is 1. The maximum absolute atomic E-state index is 12.7. The number of carbonyl (C=O) groups excluding carboxylic acids is 1. The van der Waals surface area contributed by atoms with E-state index in [1.165, 1.54) is 7.11 Å². The Hall–Kier alpha value is -3.95.